The number of amides is 1. The van der Waals surface area contributed by atoms with Crippen molar-refractivity contribution in [3.8, 4) is 0 Å². The predicted molar refractivity (Wildman–Crippen MR) is 68.0 cm³/mol. The summed E-state index contributed by atoms with van der Waals surface area (Å²) in [6.07, 6.45) is 4.15. The average Bonchev–Trinajstić information content (AvgIpc) is 2.55. The highest BCUT2D eigenvalue weighted by molar-refractivity contribution is 5.89. The second-order valence-electron chi connectivity index (χ2n) is 7.02. The van der Waals surface area contributed by atoms with Gasteiger partial charge < -0.3 is 10.4 Å². The largest absolute Gasteiger partial charge is 0.480 e. The molecule has 2 N–H and O–H groups in total. The molecule has 1 spiro atoms. The third-order valence-electron chi connectivity index (χ3n) is 4.88. The zero-order valence-corrected chi connectivity index (χ0v) is 11.5. The second-order valence-corrected chi connectivity index (χ2v) is 7.02. The van der Waals surface area contributed by atoms with E-state index < -0.39 is 12.0 Å². The van der Waals surface area contributed by atoms with Crippen LogP contribution in [0.4, 0.5) is 0 Å². The van der Waals surface area contributed by atoms with Gasteiger partial charge in [0.1, 0.15) is 6.04 Å². The lowest BCUT2D eigenvalue weighted by Crippen LogP contribution is -2.46. The van der Waals surface area contributed by atoms with Crippen LogP contribution in [-0.4, -0.2) is 23.0 Å². The third-order valence-corrected chi connectivity index (χ3v) is 4.88. The number of carboxylic acids is 1. The van der Waals surface area contributed by atoms with Gasteiger partial charge in [0.05, 0.1) is 0 Å². The molecule has 102 valence electrons. The SMILES string of the molecule is CC(C)(C)C1CCC2(CC1)CC(=O)NC2C(=O)O. The van der Waals surface area contributed by atoms with Crippen LogP contribution in [0.1, 0.15) is 52.9 Å². The van der Waals surface area contributed by atoms with Crippen molar-refractivity contribution >= 4 is 11.9 Å². The molecule has 2 fully saturated rings. The smallest absolute Gasteiger partial charge is 0.326 e. The van der Waals surface area contributed by atoms with E-state index in [0.717, 1.165) is 25.7 Å². The van der Waals surface area contributed by atoms with Gasteiger partial charge in [0.25, 0.3) is 0 Å². The fraction of sp³-hybridized carbons (Fsp3) is 0.857. The highest BCUT2D eigenvalue weighted by Crippen LogP contribution is 2.50. The van der Waals surface area contributed by atoms with Gasteiger partial charge in [-0.1, -0.05) is 20.8 Å². The molecule has 1 aliphatic carbocycles. The van der Waals surface area contributed by atoms with E-state index in [9.17, 15) is 14.7 Å². The van der Waals surface area contributed by atoms with E-state index in [-0.39, 0.29) is 16.7 Å². The first-order valence-corrected chi connectivity index (χ1v) is 6.77. The highest BCUT2D eigenvalue weighted by Gasteiger charge is 2.52. The number of rotatable bonds is 1. The summed E-state index contributed by atoms with van der Waals surface area (Å²) in [6.45, 7) is 6.72. The molecule has 1 heterocycles. The minimum absolute atomic E-state index is 0.100. The summed E-state index contributed by atoms with van der Waals surface area (Å²) in [4.78, 5) is 22.8. The molecule has 2 aliphatic rings. The van der Waals surface area contributed by atoms with E-state index in [1.807, 2.05) is 0 Å². The number of aliphatic carboxylic acids is 1. The van der Waals surface area contributed by atoms with Gasteiger partial charge >= 0.3 is 5.97 Å². The van der Waals surface area contributed by atoms with Crippen molar-refractivity contribution in [1.29, 1.82) is 0 Å². The monoisotopic (exact) mass is 253 g/mol. The van der Waals surface area contributed by atoms with Gasteiger partial charge in [-0.3, -0.25) is 4.79 Å². The fourth-order valence-corrected chi connectivity index (χ4v) is 3.63. The Morgan fingerprint density at radius 1 is 1.33 bits per heavy atom. The summed E-state index contributed by atoms with van der Waals surface area (Å²) in [7, 11) is 0. The summed E-state index contributed by atoms with van der Waals surface area (Å²) in [5.41, 5.74) is -0.0545. The van der Waals surface area contributed by atoms with Crippen LogP contribution in [-0.2, 0) is 9.59 Å². The number of hydrogen-bond donors (Lipinski definition) is 2. The van der Waals surface area contributed by atoms with E-state index in [0.29, 0.717) is 12.3 Å². The third kappa shape index (κ3) is 2.25. The molecule has 0 aromatic carbocycles. The summed E-state index contributed by atoms with van der Waals surface area (Å²) >= 11 is 0. The molecular formula is C14H23NO3. The number of hydrogen-bond acceptors (Lipinski definition) is 2. The molecule has 1 unspecified atom stereocenters. The van der Waals surface area contributed by atoms with Gasteiger partial charge in [-0.25, -0.2) is 4.79 Å². The van der Waals surface area contributed by atoms with Crippen molar-refractivity contribution < 1.29 is 14.7 Å². The molecule has 1 amide bonds. The lowest BCUT2D eigenvalue weighted by Gasteiger charge is -2.43. The quantitative estimate of drug-likeness (QED) is 0.752. The van der Waals surface area contributed by atoms with E-state index in [1.54, 1.807) is 0 Å². The maximum absolute atomic E-state index is 11.5. The Hall–Kier alpha value is -1.06. The minimum atomic E-state index is -0.880. The Morgan fingerprint density at radius 2 is 1.89 bits per heavy atom. The summed E-state index contributed by atoms with van der Waals surface area (Å²) in [5.74, 6) is -0.347. The van der Waals surface area contributed by atoms with Crippen LogP contribution in [0.25, 0.3) is 0 Å². The van der Waals surface area contributed by atoms with E-state index in [2.05, 4.69) is 26.1 Å². The minimum Gasteiger partial charge on any atom is -0.480 e. The van der Waals surface area contributed by atoms with Crippen LogP contribution in [0.3, 0.4) is 0 Å². The highest BCUT2D eigenvalue weighted by atomic mass is 16.4. The van der Waals surface area contributed by atoms with Crippen LogP contribution in [0.2, 0.25) is 0 Å². The van der Waals surface area contributed by atoms with E-state index >= 15 is 0 Å². The maximum Gasteiger partial charge on any atom is 0.326 e. The first-order chi connectivity index (χ1) is 8.24. The Morgan fingerprint density at radius 3 is 2.33 bits per heavy atom. The molecule has 1 aliphatic heterocycles. The molecule has 2 rings (SSSR count). The predicted octanol–water partition coefficient (Wildman–Crippen LogP) is 2.18. The molecule has 0 aromatic heterocycles. The normalized spacial score (nSPS) is 36.7. The van der Waals surface area contributed by atoms with Crippen LogP contribution in [0.5, 0.6) is 0 Å². The van der Waals surface area contributed by atoms with Crippen molar-refractivity contribution in [2.45, 2.75) is 58.9 Å². The Bertz CT molecular complexity index is 362. The number of carbonyl (C=O) groups is 2. The molecule has 0 aromatic rings. The van der Waals surface area contributed by atoms with Crippen molar-refractivity contribution in [2.24, 2.45) is 16.7 Å². The molecule has 1 saturated heterocycles. The van der Waals surface area contributed by atoms with Crippen LogP contribution < -0.4 is 5.32 Å². The lowest BCUT2D eigenvalue weighted by molar-refractivity contribution is -0.143. The van der Waals surface area contributed by atoms with Gasteiger partial charge in [-0.05, 0) is 37.0 Å². The Kier molecular flexibility index (Phi) is 3.16. The number of carbonyl (C=O) groups excluding carboxylic acids is 1. The molecule has 4 nitrogen and oxygen atoms in total. The lowest BCUT2D eigenvalue weighted by atomic mass is 9.61. The Balaban J connectivity index is 2.11. The van der Waals surface area contributed by atoms with Gasteiger partial charge in [-0.2, -0.15) is 0 Å². The number of carboxylic acid groups (broad SMARTS) is 1. The number of nitrogens with one attached hydrogen (secondary N) is 1. The molecule has 1 saturated carbocycles. The molecular weight excluding hydrogens is 230 g/mol. The van der Waals surface area contributed by atoms with E-state index in [4.69, 9.17) is 0 Å². The molecule has 4 heteroatoms. The average molecular weight is 253 g/mol. The van der Waals surface area contributed by atoms with Gasteiger partial charge in [0.2, 0.25) is 5.91 Å². The van der Waals surface area contributed by atoms with Crippen LogP contribution in [0, 0.1) is 16.7 Å². The fourth-order valence-electron chi connectivity index (χ4n) is 3.63. The molecule has 18 heavy (non-hydrogen) atoms. The molecule has 1 atom stereocenters. The van der Waals surface area contributed by atoms with Crippen molar-refractivity contribution in [3.05, 3.63) is 0 Å². The van der Waals surface area contributed by atoms with Crippen LogP contribution >= 0.6 is 0 Å². The summed E-state index contributed by atoms with van der Waals surface area (Å²) in [5, 5.41) is 11.9. The van der Waals surface area contributed by atoms with Crippen molar-refractivity contribution in [3.63, 3.8) is 0 Å². The zero-order valence-electron chi connectivity index (χ0n) is 11.5. The maximum atomic E-state index is 11.5. The molecule has 0 bridgehead atoms. The van der Waals surface area contributed by atoms with Crippen LogP contribution in [0.15, 0.2) is 0 Å². The zero-order chi connectivity index (χ0) is 13.6. The first-order valence-electron chi connectivity index (χ1n) is 6.77. The van der Waals surface area contributed by atoms with E-state index in [1.165, 1.54) is 0 Å². The molecule has 0 radical (unpaired) electrons. The van der Waals surface area contributed by atoms with Gasteiger partial charge in [0.15, 0.2) is 0 Å². The summed E-state index contributed by atoms with van der Waals surface area (Å²) < 4.78 is 0. The first kappa shape index (κ1) is 13.4. The van der Waals surface area contributed by atoms with Crippen molar-refractivity contribution in [2.75, 3.05) is 0 Å². The topological polar surface area (TPSA) is 66.4 Å². The standard InChI is InChI=1S/C14H23NO3/c1-13(2,3)9-4-6-14(7-5-9)8-10(16)15-11(14)12(17)18/h9,11H,4-8H2,1-3H3,(H,15,16)(H,17,18). The van der Waals surface area contributed by atoms with Gasteiger partial charge in [0, 0.05) is 11.8 Å². The Labute approximate surface area is 108 Å². The van der Waals surface area contributed by atoms with Crippen molar-refractivity contribution in [1.82, 2.24) is 5.32 Å². The summed E-state index contributed by atoms with van der Waals surface area (Å²) in [6, 6.07) is -0.675. The van der Waals surface area contributed by atoms with Gasteiger partial charge in [-0.15, -0.1) is 0 Å². The second kappa shape index (κ2) is 4.25.